The highest BCUT2D eigenvalue weighted by molar-refractivity contribution is 8.21. The van der Waals surface area contributed by atoms with Gasteiger partial charge in [-0.15, -0.1) is 0 Å². The summed E-state index contributed by atoms with van der Waals surface area (Å²) in [7, 11) is 0. The van der Waals surface area contributed by atoms with E-state index in [-0.39, 0.29) is 0 Å². The minimum Gasteiger partial charge on any atom is -0.301 e. The van der Waals surface area contributed by atoms with Crippen LogP contribution in [0.2, 0.25) is 0 Å². The van der Waals surface area contributed by atoms with E-state index in [0.29, 0.717) is 0 Å². The van der Waals surface area contributed by atoms with Gasteiger partial charge in [0, 0.05) is 10.6 Å². The third-order valence-corrected chi connectivity index (χ3v) is 8.85. The largest absolute Gasteiger partial charge is 0.301 e. The second kappa shape index (κ2) is 7.67. The van der Waals surface area contributed by atoms with Crippen molar-refractivity contribution in [3.05, 3.63) is 96.1 Å². The molecule has 0 aliphatic carbocycles. The van der Waals surface area contributed by atoms with Crippen molar-refractivity contribution in [3.63, 3.8) is 0 Å². The van der Waals surface area contributed by atoms with Gasteiger partial charge in [-0.3, -0.25) is 5.09 Å². The van der Waals surface area contributed by atoms with Crippen LogP contribution in [-0.4, -0.2) is 6.29 Å². The van der Waals surface area contributed by atoms with Crippen molar-refractivity contribution in [2.75, 3.05) is 0 Å². The maximum atomic E-state index is 12.2. The number of aldehydes is 1. The summed E-state index contributed by atoms with van der Waals surface area (Å²) in [5.74, 6) is 0. The number of hydrogen-bond donors (Lipinski definition) is 1. The average Bonchev–Trinajstić information content (AvgIpc) is 2.69. The first-order chi connectivity index (χ1) is 12.5. The first-order valence-electron chi connectivity index (χ1n) is 8.52. The highest BCUT2D eigenvalue weighted by Crippen LogP contribution is 2.43. The maximum absolute atomic E-state index is 12.2. The third-order valence-electron chi connectivity index (χ3n) is 4.48. The minimum atomic E-state index is -2.39. The summed E-state index contributed by atoms with van der Waals surface area (Å²) in [4.78, 5) is 12.2. The second-order valence-corrected chi connectivity index (χ2v) is 10.7. The molecule has 0 fully saturated rings. The van der Waals surface area contributed by atoms with Crippen molar-refractivity contribution in [3.8, 4) is 0 Å². The number of benzene rings is 3. The molecule has 3 rings (SSSR count). The fourth-order valence-corrected chi connectivity index (χ4v) is 6.88. The predicted molar refractivity (Wildman–Crippen MR) is 114 cm³/mol. The van der Waals surface area contributed by atoms with Crippen LogP contribution in [0.25, 0.3) is 0 Å². The normalized spacial score (nSPS) is 13.8. The molecule has 0 amide bonds. The Hall–Kier alpha value is -2.06. The molecule has 1 N–H and O–H groups in total. The monoisotopic (exact) mass is 379 g/mol. The lowest BCUT2D eigenvalue weighted by Crippen LogP contribution is -2.43. The molecule has 0 aromatic heterocycles. The van der Waals surface area contributed by atoms with Gasteiger partial charge in [-0.05, 0) is 19.4 Å². The van der Waals surface area contributed by atoms with Crippen LogP contribution in [0.15, 0.2) is 84.9 Å². The van der Waals surface area contributed by atoms with Gasteiger partial charge < -0.3 is 4.79 Å². The zero-order valence-corrected chi connectivity index (χ0v) is 16.6. The van der Waals surface area contributed by atoms with Crippen LogP contribution in [0.5, 0.6) is 0 Å². The quantitative estimate of drug-likeness (QED) is 0.518. The van der Waals surface area contributed by atoms with Crippen molar-refractivity contribution in [1.82, 2.24) is 5.09 Å². The Balaban J connectivity index is 2.14. The van der Waals surface area contributed by atoms with E-state index < -0.39 is 11.7 Å². The summed E-state index contributed by atoms with van der Waals surface area (Å²) < 4.78 is 0. The lowest BCUT2D eigenvalue weighted by molar-refractivity contribution is -0.112. The molecule has 0 bridgehead atoms. The fraction of sp³-hybridized carbons (Fsp3) is 0.136. The smallest absolute Gasteiger partial charge is 0.144 e. The van der Waals surface area contributed by atoms with Crippen LogP contribution in [-0.2, 0) is 22.1 Å². The second-order valence-electron chi connectivity index (χ2n) is 6.58. The molecule has 0 unspecified atom stereocenters. The Kier molecular flexibility index (Phi) is 5.52. The van der Waals surface area contributed by atoms with Crippen LogP contribution >= 0.6 is 6.19 Å². The highest BCUT2D eigenvalue weighted by atomic mass is 32.4. The number of carbonyl (C=O) groups excluding carboxylic acids is 1. The molecular weight excluding hydrogens is 357 g/mol. The van der Waals surface area contributed by atoms with E-state index in [2.05, 4.69) is 5.09 Å². The van der Waals surface area contributed by atoms with E-state index >= 15 is 0 Å². The van der Waals surface area contributed by atoms with E-state index in [9.17, 15) is 4.79 Å². The van der Waals surface area contributed by atoms with E-state index in [1.54, 1.807) is 0 Å². The van der Waals surface area contributed by atoms with E-state index in [4.69, 9.17) is 11.8 Å². The van der Waals surface area contributed by atoms with Gasteiger partial charge in [-0.2, -0.15) is 0 Å². The molecule has 0 heterocycles. The standard InChI is InChI=1S/C22H22NOPS/c1-18-10-9-11-19(16-18)22(2,17-24)23-25(26,20-12-5-3-6-13-20)21-14-7-4-8-15-21/h3-17H,1-2H3,(H,23,26)/t22-/m1/s1. The van der Waals surface area contributed by atoms with Gasteiger partial charge in [0.1, 0.15) is 11.8 Å². The van der Waals surface area contributed by atoms with Gasteiger partial charge >= 0.3 is 0 Å². The van der Waals surface area contributed by atoms with Crippen LogP contribution in [0.3, 0.4) is 0 Å². The Labute approximate surface area is 160 Å². The molecule has 0 saturated carbocycles. The van der Waals surface area contributed by atoms with Crippen molar-refractivity contribution < 1.29 is 4.79 Å². The number of hydrogen-bond acceptors (Lipinski definition) is 2. The Morgan fingerprint density at radius 2 is 1.42 bits per heavy atom. The maximum Gasteiger partial charge on any atom is 0.144 e. The Morgan fingerprint density at radius 1 is 0.885 bits per heavy atom. The van der Waals surface area contributed by atoms with E-state index in [0.717, 1.165) is 28.0 Å². The topological polar surface area (TPSA) is 29.1 Å². The van der Waals surface area contributed by atoms with Crippen LogP contribution in [0.1, 0.15) is 18.1 Å². The summed E-state index contributed by atoms with van der Waals surface area (Å²) in [5.41, 5.74) is 1.17. The van der Waals surface area contributed by atoms with Gasteiger partial charge in [-0.25, -0.2) is 0 Å². The number of aryl methyl sites for hydroxylation is 1. The SMILES string of the molecule is Cc1cccc([C@@](C)(C=O)NP(=S)(c2ccccc2)c2ccccc2)c1. The van der Waals surface area contributed by atoms with Crippen molar-refractivity contribution in [2.24, 2.45) is 0 Å². The molecule has 0 aliphatic heterocycles. The average molecular weight is 379 g/mol. The van der Waals surface area contributed by atoms with Gasteiger partial charge in [0.05, 0.1) is 6.19 Å². The summed E-state index contributed by atoms with van der Waals surface area (Å²) in [6.07, 6.45) is -1.42. The number of nitrogens with one attached hydrogen (secondary N) is 1. The molecule has 0 aliphatic rings. The van der Waals surface area contributed by atoms with Gasteiger partial charge in [0.25, 0.3) is 0 Å². The van der Waals surface area contributed by atoms with Crippen LogP contribution < -0.4 is 15.7 Å². The molecule has 1 atom stereocenters. The first-order valence-corrected chi connectivity index (χ1v) is 11.3. The molecule has 3 aromatic rings. The Bertz CT molecular complexity index is 899. The fourth-order valence-electron chi connectivity index (χ4n) is 3.01. The molecule has 4 heteroatoms. The molecule has 0 radical (unpaired) electrons. The molecule has 26 heavy (non-hydrogen) atoms. The van der Waals surface area contributed by atoms with Gasteiger partial charge in [-0.1, -0.05) is 102 Å². The van der Waals surface area contributed by atoms with Gasteiger partial charge in [0.2, 0.25) is 0 Å². The van der Waals surface area contributed by atoms with Gasteiger partial charge in [0.15, 0.2) is 0 Å². The predicted octanol–water partition coefficient (Wildman–Crippen LogP) is 4.04. The lowest BCUT2D eigenvalue weighted by atomic mass is 9.94. The molecule has 0 saturated heterocycles. The summed E-state index contributed by atoms with van der Waals surface area (Å²) in [5, 5.41) is 5.68. The first kappa shape index (κ1) is 18.7. The molecule has 132 valence electrons. The third kappa shape index (κ3) is 3.71. The molecule has 2 nitrogen and oxygen atoms in total. The lowest BCUT2D eigenvalue weighted by Gasteiger charge is -2.34. The zero-order chi connectivity index (χ0) is 18.6. The van der Waals surface area contributed by atoms with E-state index in [1.165, 1.54) is 0 Å². The number of rotatable bonds is 6. The minimum absolute atomic E-state index is 0.868. The van der Waals surface area contributed by atoms with Crippen molar-refractivity contribution in [1.29, 1.82) is 0 Å². The molecule has 0 spiro atoms. The summed E-state index contributed by atoms with van der Waals surface area (Å²) in [6.45, 7) is 3.93. The van der Waals surface area contributed by atoms with Crippen LogP contribution in [0.4, 0.5) is 0 Å². The van der Waals surface area contributed by atoms with Crippen LogP contribution in [0, 0.1) is 6.92 Å². The molecule has 3 aromatic carbocycles. The van der Waals surface area contributed by atoms with Crippen molar-refractivity contribution >= 4 is 34.9 Å². The summed E-state index contributed by atoms with van der Waals surface area (Å²) >= 11 is 6.22. The van der Waals surface area contributed by atoms with Crippen molar-refractivity contribution in [2.45, 2.75) is 19.4 Å². The highest BCUT2D eigenvalue weighted by Gasteiger charge is 2.34. The number of carbonyl (C=O) groups is 1. The van der Waals surface area contributed by atoms with E-state index in [1.807, 2.05) is 98.8 Å². The zero-order valence-electron chi connectivity index (χ0n) is 14.9. The Morgan fingerprint density at radius 3 is 1.88 bits per heavy atom. The molecular formula is C22H22NOPS. The summed E-state index contributed by atoms with van der Waals surface area (Å²) in [6, 6.07) is 28.1.